The normalized spacial score (nSPS) is 25.4. The van der Waals surface area contributed by atoms with Gasteiger partial charge in [-0.1, -0.05) is 107 Å². The summed E-state index contributed by atoms with van der Waals surface area (Å²) in [5.41, 5.74) is 1.08. The molecule has 0 bridgehead atoms. The highest BCUT2D eigenvalue weighted by molar-refractivity contribution is 6.67. The molecule has 5 atom stereocenters. The van der Waals surface area contributed by atoms with Crippen LogP contribution in [0.3, 0.4) is 0 Å². The molecule has 0 aromatic heterocycles. The molecular weight excluding hydrogens is 512 g/mol. The van der Waals surface area contributed by atoms with Crippen molar-refractivity contribution in [1.29, 1.82) is 0 Å². The summed E-state index contributed by atoms with van der Waals surface area (Å²) in [5.74, 6) is 0. The smallest absolute Gasteiger partial charge is 0.407 e. The van der Waals surface area contributed by atoms with E-state index in [4.69, 9.17) is 65.4 Å². The SMILES string of the molecule is C[C@H]1O[C@H](Cl)[C@H](OCc2ccccc2)[C@@H](NC(=O)OCC(Cl)(Cl)Cl)[C@H]1OCc1ccccc1. The van der Waals surface area contributed by atoms with Crippen LogP contribution in [-0.4, -0.2) is 46.4 Å². The van der Waals surface area contributed by atoms with Crippen LogP contribution in [0.25, 0.3) is 0 Å². The molecule has 1 fully saturated rings. The van der Waals surface area contributed by atoms with E-state index < -0.39 is 46.4 Å². The Morgan fingerprint density at radius 2 is 1.45 bits per heavy atom. The van der Waals surface area contributed by atoms with Gasteiger partial charge in [-0.15, -0.1) is 0 Å². The number of alkyl carbamates (subject to hydrolysis) is 1. The molecule has 0 unspecified atom stereocenters. The first-order chi connectivity index (χ1) is 15.7. The number of carbonyl (C=O) groups excluding carboxylic acids is 1. The van der Waals surface area contributed by atoms with Crippen LogP contribution in [0.2, 0.25) is 0 Å². The van der Waals surface area contributed by atoms with E-state index in [1.807, 2.05) is 67.6 Å². The lowest BCUT2D eigenvalue weighted by atomic mass is 9.97. The number of hydrogen-bond acceptors (Lipinski definition) is 5. The van der Waals surface area contributed by atoms with Gasteiger partial charge in [0.15, 0.2) is 5.56 Å². The largest absolute Gasteiger partial charge is 0.445 e. The van der Waals surface area contributed by atoms with Crippen molar-refractivity contribution in [2.45, 2.75) is 53.8 Å². The number of carbonyl (C=O) groups is 1. The Morgan fingerprint density at radius 3 is 1.97 bits per heavy atom. The fourth-order valence-corrected chi connectivity index (χ4v) is 4.00. The highest BCUT2D eigenvalue weighted by Crippen LogP contribution is 2.30. The summed E-state index contributed by atoms with van der Waals surface area (Å²) in [6, 6.07) is 18.6. The Morgan fingerprint density at radius 1 is 0.939 bits per heavy atom. The number of amides is 1. The van der Waals surface area contributed by atoms with Crippen LogP contribution >= 0.6 is 46.4 Å². The molecular formula is C23H25Cl4NO5. The van der Waals surface area contributed by atoms with E-state index in [1.165, 1.54) is 0 Å². The van der Waals surface area contributed by atoms with Gasteiger partial charge in [0.25, 0.3) is 0 Å². The lowest BCUT2D eigenvalue weighted by Gasteiger charge is -2.43. The second kappa shape index (κ2) is 12.5. The Balaban J connectivity index is 1.75. The van der Waals surface area contributed by atoms with Gasteiger partial charge in [0.05, 0.1) is 25.4 Å². The van der Waals surface area contributed by atoms with Crippen molar-refractivity contribution in [3.8, 4) is 0 Å². The van der Waals surface area contributed by atoms with E-state index in [0.717, 1.165) is 11.1 Å². The molecule has 33 heavy (non-hydrogen) atoms. The minimum absolute atomic E-state index is 0.263. The monoisotopic (exact) mass is 535 g/mol. The van der Waals surface area contributed by atoms with Crippen molar-refractivity contribution in [2.24, 2.45) is 0 Å². The second-order valence-electron chi connectivity index (χ2n) is 7.58. The Hall–Kier alpha value is -1.25. The molecule has 1 aliphatic rings. The Kier molecular flexibility index (Phi) is 9.95. The number of hydrogen-bond donors (Lipinski definition) is 1. The zero-order valence-electron chi connectivity index (χ0n) is 17.8. The molecule has 1 N–H and O–H groups in total. The van der Waals surface area contributed by atoms with Gasteiger partial charge in [-0.05, 0) is 18.1 Å². The number of rotatable bonds is 8. The first kappa shape index (κ1) is 26.4. The number of ether oxygens (including phenoxy) is 4. The molecule has 180 valence electrons. The zero-order chi connectivity index (χ0) is 23.8. The Labute approximate surface area is 213 Å². The molecule has 2 aromatic carbocycles. The van der Waals surface area contributed by atoms with Crippen molar-refractivity contribution in [2.75, 3.05) is 6.61 Å². The number of benzene rings is 2. The van der Waals surface area contributed by atoms with Crippen LogP contribution in [0.15, 0.2) is 60.7 Å². The Bertz CT molecular complexity index is 813. The fourth-order valence-electron chi connectivity index (χ4n) is 3.44. The third-order valence-corrected chi connectivity index (χ3v) is 5.67. The van der Waals surface area contributed by atoms with Gasteiger partial charge in [0, 0.05) is 0 Å². The predicted molar refractivity (Wildman–Crippen MR) is 129 cm³/mol. The van der Waals surface area contributed by atoms with Crippen LogP contribution in [-0.2, 0) is 32.2 Å². The average molecular weight is 537 g/mol. The van der Waals surface area contributed by atoms with E-state index in [2.05, 4.69) is 5.32 Å². The number of halogens is 4. The summed E-state index contributed by atoms with van der Waals surface area (Å²) >= 11 is 23.6. The second-order valence-corrected chi connectivity index (χ2v) is 10.5. The van der Waals surface area contributed by atoms with Gasteiger partial charge in [-0.25, -0.2) is 4.79 Å². The summed E-state index contributed by atoms with van der Waals surface area (Å²) in [7, 11) is 0. The maximum Gasteiger partial charge on any atom is 0.407 e. The van der Waals surface area contributed by atoms with Gasteiger partial charge in [0.1, 0.15) is 18.8 Å². The minimum atomic E-state index is -1.73. The molecule has 0 saturated carbocycles. The third-order valence-electron chi connectivity index (χ3n) is 5.00. The molecule has 0 aliphatic carbocycles. The van der Waals surface area contributed by atoms with Crippen LogP contribution in [0.4, 0.5) is 4.79 Å². The highest BCUT2D eigenvalue weighted by Gasteiger charge is 2.46. The topological polar surface area (TPSA) is 66.0 Å². The summed E-state index contributed by atoms with van der Waals surface area (Å²) in [4.78, 5) is 12.5. The van der Waals surface area contributed by atoms with Gasteiger partial charge in [-0.2, -0.15) is 0 Å². The lowest BCUT2D eigenvalue weighted by Crippen LogP contribution is -2.63. The average Bonchev–Trinajstić information content (AvgIpc) is 2.78. The molecule has 1 aliphatic heterocycles. The number of alkyl halides is 4. The van der Waals surface area contributed by atoms with Crippen molar-refractivity contribution in [3.63, 3.8) is 0 Å². The zero-order valence-corrected chi connectivity index (χ0v) is 20.9. The van der Waals surface area contributed by atoms with Crippen molar-refractivity contribution < 1.29 is 23.7 Å². The van der Waals surface area contributed by atoms with Crippen LogP contribution in [0.1, 0.15) is 18.1 Å². The van der Waals surface area contributed by atoms with Crippen LogP contribution in [0, 0.1) is 0 Å². The van der Waals surface area contributed by atoms with Gasteiger partial charge >= 0.3 is 6.09 Å². The highest BCUT2D eigenvalue weighted by atomic mass is 35.6. The van der Waals surface area contributed by atoms with Gasteiger partial charge in [0.2, 0.25) is 3.79 Å². The number of nitrogens with one attached hydrogen (secondary N) is 1. The molecule has 1 amide bonds. The van der Waals surface area contributed by atoms with E-state index in [-0.39, 0.29) is 6.61 Å². The van der Waals surface area contributed by atoms with Crippen molar-refractivity contribution in [1.82, 2.24) is 5.32 Å². The molecule has 1 heterocycles. The molecule has 0 radical (unpaired) electrons. The van der Waals surface area contributed by atoms with E-state index in [9.17, 15) is 4.79 Å². The van der Waals surface area contributed by atoms with E-state index in [0.29, 0.717) is 6.61 Å². The minimum Gasteiger partial charge on any atom is -0.445 e. The van der Waals surface area contributed by atoms with Crippen LogP contribution in [0.5, 0.6) is 0 Å². The fraction of sp³-hybridized carbons (Fsp3) is 0.435. The first-order valence-electron chi connectivity index (χ1n) is 10.3. The standard InChI is InChI=1S/C23H25Cl4NO5/c1-15-19(30-12-16-8-4-2-5-9-16)18(28-22(29)32-14-23(25,26)27)20(21(24)33-15)31-13-17-10-6-3-7-11-17/h2-11,15,18-21H,12-14H2,1H3,(H,28,29)/t15-,18+,19+,20-,21+/m1/s1. The molecule has 6 nitrogen and oxygen atoms in total. The maximum atomic E-state index is 12.5. The first-order valence-corrected chi connectivity index (χ1v) is 11.9. The van der Waals surface area contributed by atoms with Crippen molar-refractivity contribution >= 4 is 52.5 Å². The molecule has 3 rings (SSSR count). The molecule has 10 heteroatoms. The van der Waals surface area contributed by atoms with E-state index in [1.54, 1.807) is 0 Å². The molecule has 2 aromatic rings. The summed E-state index contributed by atoms with van der Waals surface area (Å²) in [6.45, 7) is 1.97. The van der Waals surface area contributed by atoms with Crippen molar-refractivity contribution in [3.05, 3.63) is 71.8 Å². The lowest BCUT2D eigenvalue weighted by molar-refractivity contribution is -0.189. The maximum absolute atomic E-state index is 12.5. The summed E-state index contributed by atoms with van der Waals surface area (Å²) < 4.78 is 21.4. The van der Waals surface area contributed by atoms with Gasteiger partial charge < -0.3 is 24.3 Å². The van der Waals surface area contributed by atoms with E-state index >= 15 is 0 Å². The third kappa shape index (κ3) is 8.48. The quantitative estimate of drug-likeness (QED) is 0.444. The molecule has 1 saturated heterocycles. The predicted octanol–water partition coefficient (Wildman–Crippen LogP) is 5.61. The van der Waals surface area contributed by atoms with Crippen LogP contribution < -0.4 is 5.32 Å². The van der Waals surface area contributed by atoms with Gasteiger partial charge in [-0.3, -0.25) is 0 Å². The molecule has 0 spiro atoms. The summed E-state index contributed by atoms with van der Waals surface area (Å²) in [6.07, 6.45) is -2.54. The summed E-state index contributed by atoms with van der Waals surface area (Å²) in [5, 5.41) is 2.77.